The summed E-state index contributed by atoms with van der Waals surface area (Å²) in [5, 5.41) is 17.2. The molecule has 0 aromatic heterocycles. The fourth-order valence-electron chi connectivity index (χ4n) is 1.03. The Morgan fingerprint density at radius 2 is 1.87 bits per heavy atom. The van der Waals surface area contributed by atoms with Gasteiger partial charge in [0.15, 0.2) is 5.78 Å². The molecular formula is C12H8N2O. The normalized spacial score (nSPS) is 10.2. The third-order valence-electron chi connectivity index (χ3n) is 1.85. The number of nitrogens with zero attached hydrogens (tertiary/aromatic N) is 2. The summed E-state index contributed by atoms with van der Waals surface area (Å²) < 4.78 is 0. The predicted molar refractivity (Wildman–Crippen MR) is 55.4 cm³/mol. The molecule has 0 unspecified atom stereocenters. The van der Waals surface area contributed by atoms with Crippen LogP contribution in [-0.4, -0.2) is 5.78 Å². The van der Waals surface area contributed by atoms with E-state index >= 15 is 0 Å². The summed E-state index contributed by atoms with van der Waals surface area (Å²) in [6, 6.07) is 10.5. The Balaban J connectivity index is 3.05. The maximum absolute atomic E-state index is 11.0. The molecular weight excluding hydrogens is 188 g/mol. The van der Waals surface area contributed by atoms with Crippen molar-refractivity contribution in [1.82, 2.24) is 0 Å². The number of Topliss-reactive ketones (excluding diaryl/α,β-unsaturated/α-hetero) is 1. The molecule has 0 saturated carbocycles. The van der Waals surface area contributed by atoms with Gasteiger partial charge in [-0.1, -0.05) is 12.1 Å². The molecule has 0 aliphatic carbocycles. The maximum atomic E-state index is 11.0. The van der Waals surface area contributed by atoms with Crippen molar-refractivity contribution in [3.05, 3.63) is 41.0 Å². The van der Waals surface area contributed by atoms with E-state index in [-0.39, 0.29) is 11.4 Å². The van der Waals surface area contributed by atoms with Crippen molar-refractivity contribution in [2.45, 2.75) is 6.92 Å². The van der Waals surface area contributed by atoms with Crippen LogP contribution in [0.3, 0.4) is 0 Å². The Morgan fingerprint density at radius 1 is 1.27 bits per heavy atom. The van der Waals surface area contributed by atoms with Gasteiger partial charge in [-0.25, -0.2) is 0 Å². The standard InChI is InChI=1S/C12H8N2O/c1-9(15)12(8-14)6-10-2-4-11(7-13)5-3-10/h2-6H,1H3/b12-6+. The molecule has 1 rings (SSSR count). The lowest BCUT2D eigenvalue weighted by atomic mass is 10.1. The molecule has 3 nitrogen and oxygen atoms in total. The van der Waals surface area contributed by atoms with E-state index in [0.29, 0.717) is 5.56 Å². The van der Waals surface area contributed by atoms with Crippen molar-refractivity contribution in [2.24, 2.45) is 0 Å². The summed E-state index contributed by atoms with van der Waals surface area (Å²) in [7, 11) is 0. The second-order valence-corrected chi connectivity index (χ2v) is 2.96. The molecule has 0 bridgehead atoms. The Hall–Kier alpha value is -2.39. The number of carbonyl (C=O) groups excluding carboxylic acids is 1. The molecule has 0 heterocycles. The number of benzene rings is 1. The van der Waals surface area contributed by atoms with Gasteiger partial charge in [-0.15, -0.1) is 0 Å². The summed E-state index contributed by atoms with van der Waals surface area (Å²) in [6.45, 7) is 1.35. The highest BCUT2D eigenvalue weighted by Gasteiger charge is 2.01. The van der Waals surface area contributed by atoms with E-state index < -0.39 is 0 Å². The lowest BCUT2D eigenvalue weighted by Crippen LogP contribution is -1.92. The van der Waals surface area contributed by atoms with E-state index in [4.69, 9.17) is 10.5 Å². The van der Waals surface area contributed by atoms with Crippen LogP contribution < -0.4 is 0 Å². The van der Waals surface area contributed by atoms with Gasteiger partial charge in [-0.05, 0) is 30.7 Å². The maximum Gasteiger partial charge on any atom is 0.170 e. The lowest BCUT2D eigenvalue weighted by Gasteiger charge is -1.94. The molecule has 0 spiro atoms. The molecule has 0 radical (unpaired) electrons. The van der Waals surface area contributed by atoms with E-state index in [2.05, 4.69) is 0 Å². The van der Waals surface area contributed by atoms with Crippen molar-refractivity contribution >= 4 is 11.9 Å². The van der Waals surface area contributed by atoms with Crippen LogP contribution in [0.5, 0.6) is 0 Å². The molecule has 0 fully saturated rings. The number of hydrogen-bond donors (Lipinski definition) is 0. The number of rotatable bonds is 2. The summed E-state index contributed by atoms with van der Waals surface area (Å²) in [6.07, 6.45) is 1.50. The quantitative estimate of drug-likeness (QED) is 0.537. The molecule has 15 heavy (non-hydrogen) atoms. The Labute approximate surface area is 87.9 Å². The number of carbonyl (C=O) groups is 1. The number of ketones is 1. The average Bonchev–Trinajstić information content (AvgIpc) is 2.26. The first-order chi connectivity index (χ1) is 7.17. The van der Waals surface area contributed by atoms with Gasteiger partial charge in [0.2, 0.25) is 0 Å². The molecule has 1 aromatic rings. The predicted octanol–water partition coefficient (Wildman–Crippen LogP) is 2.05. The molecule has 0 aliphatic heterocycles. The Morgan fingerprint density at radius 3 is 2.27 bits per heavy atom. The van der Waals surface area contributed by atoms with Crippen LogP contribution in [0.2, 0.25) is 0 Å². The van der Waals surface area contributed by atoms with Gasteiger partial charge in [0.1, 0.15) is 6.07 Å². The summed E-state index contributed by atoms with van der Waals surface area (Å²) in [5.41, 5.74) is 1.40. The van der Waals surface area contributed by atoms with Crippen LogP contribution in [0.25, 0.3) is 6.08 Å². The molecule has 72 valence electrons. The van der Waals surface area contributed by atoms with E-state index in [1.54, 1.807) is 24.3 Å². The van der Waals surface area contributed by atoms with Gasteiger partial charge in [-0.2, -0.15) is 10.5 Å². The van der Waals surface area contributed by atoms with Crippen molar-refractivity contribution in [2.75, 3.05) is 0 Å². The fourth-order valence-corrected chi connectivity index (χ4v) is 1.03. The van der Waals surface area contributed by atoms with Crippen LogP contribution in [0.4, 0.5) is 0 Å². The van der Waals surface area contributed by atoms with Gasteiger partial charge in [-0.3, -0.25) is 4.79 Å². The number of hydrogen-bond acceptors (Lipinski definition) is 3. The fraction of sp³-hybridized carbons (Fsp3) is 0.0833. The zero-order valence-corrected chi connectivity index (χ0v) is 8.19. The Kier molecular flexibility index (Phi) is 3.38. The van der Waals surface area contributed by atoms with Crippen LogP contribution in [0.15, 0.2) is 29.8 Å². The first-order valence-electron chi connectivity index (χ1n) is 4.30. The molecule has 0 saturated heterocycles. The van der Waals surface area contributed by atoms with Gasteiger partial charge in [0.25, 0.3) is 0 Å². The first-order valence-corrected chi connectivity index (χ1v) is 4.30. The third kappa shape index (κ3) is 2.79. The highest BCUT2D eigenvalue weighted by atomic mass is 16.1. The molecule has 0 atom stereocenters. The highest BCUT2D eigenvalue weighted by molar-refractivity contribution is 6.01. The second-order valence-electron chi connectivity index (χ2n) is 2.96. The van der Waals surface area contributed by atoms with Crippen molar-refractivity contribution in [3.63, 3.8) is 0 Å². The van der Waals surface area contributed by atoms with Crippen molar-refractivity contribution < 1.29 is 4.79 Å². The van der Waals surface area contributed by atoms with Crippen molar-refractivity contribution in [3.8, 4) is 12.1 Å². The molecule has 0 N–H and O–H groups in total. The van der Waals surface area contributed by atoms with Gasteiger partial charge in [0.05, 0.1) is 17.2 Å². The summed E-state index contributed by atoms with van der Waals surface area (Å²) in [5.74, 6) is -0.262. The van der Waals surface area contributed by atoms with Crippen LogP contribution >= 0.6 is 0 Å². The molecule has 1 aromatic carbocycles. The van der Waals surface area contributed by atoms with E-state index in [9.17, 15) is 4.79 Å². The largest absolute Gasteiger partial charge is 0.294 e. The minimum Gasteiger partial charge on any atom is -0.294 e. The van der Waals surface area contributed by atoms with Crippen molar-refractivity contribution in [1.29, 1.82) is 10.5 Å². The Bertz CT molecular complexity index is 484. The lowest BCUT2D eigenvalue weighted by molar-refractivity contribution is -0.113. The number of allylic oxidation sites excluding steroid dienone is 1. The first kappa shape index (κ1) is 10.7. The van der Waals surface area contributed by atoms with Gasteiger partial charge < -0.3 is 0 Å². The smallest absolute Gasteiger partial charge is 0.170 e. The monoisotopic (exact) mass is 196 g/mol. The zero-order valence-electron chi connectivity index (χ0n) is 8.19. The summed E-state index contributed by atoms with van der Waals surface area (Å²) >= 11 is 0. The average molecular weight is 196 g/mol. The second kappa shape index (κ2) is 4.74. The van der Waals surface area contributed by atoms with Gasteiger partial charge >= 0.3 is 0 Å². The number of nitriles is 2. The van der Waals surface area contributed by atoms with E-state index in [1.807, 2.05) is 12.1 Å². The van der Waals surface area contributed by atoms with Gasteiger partial charge in [0, 0.05) is 0 Å². The zero-order chi connectivity index (χ0) is 11.3. The van der Waals surface area contributed by atoms with Crippen LogP contribution in [-0.2, 0) is 4.79 Å². The topological polar surface area (TPSA) is 64.7 Å². The minimum absolute atomic E-state index is 0.111. The van der Waals surface area contributed by atoms with Crippen LogP contribution in [0.1, 0.15) is 18.1 Å². The van der Waals surface area contributed by atoms with Crippen LogP contribution in [0, 0.1) is 22.7 Å². The SMILES string of the molecule is CC(=O)/C(C#N)=C/c1ccc(C#N)cc1. The molecule has 3 heteroatoms. The third-order valence-corrected chi connectivity index (χ3v) is 1.85. The van der Waals surface area contributed by atoms with E-state index in [0.717, 1.165) is 5.56 Å². The molecule has 0 amide bonds. The minimum atomic E-state index is -0.262. The highest BCUT2D eigenvalue weighted by Crippen LogP contribution is 2.08. The molecule has 0 aliphatic rings. The summed E-state index contributed by atoms with van der Waals surface area (Å²) in [4.78, 5) is 11.0. The van der Waals surface area contributed by atoms with E-state index in [1.165, 1.54) is 13.0 Å².